The van der Waals surface area contributed by atoms with Crippen molar-refractivity contribution in [3.05, 3.63) is 106 Å². The molecular formula is C32H30Cl2N2O4. The van der Waals surface area contributed by atoms with E-state index in [-0.39, 0.29) is 23.8 Å². The van der Waals surface area contributed by atoms with Gasteiger partial charge in [-0.05, 0) is 35.8 Å². The number of carbonyl (C=O) groups excluding carboxylic acids is 1. The Bertz CT molecular complexity index is 1450. The standard InChI is InChI=1S/C32H30Cl2N2O4/c1-31(2)27(25-8-4-3-5-9-25)10-6-11-32(31,40-13-7-12-33)22-39-30-16-29(26(20-37)15-28(30)34)38-21-24-14-23(17-35)18-36-19-24/h3-6,8-11,14-16,18-20H,7,12-13,21-22H2,1-2H3. The van der Waals surface area contributed by atoms with Crippen LogP contribution in [-0.2, 0) is 11.3 Å². The molecule has 6 nitrogen and oxygen atoms in total. The Kier molecular flexibility index (Phi) is 9.65. The molecule has 1 heterocycles. The molecule has 1 aromatic heterocycles. The van der Waals surface area contributed by atoms with Gasteiger partial charge in [0, 0.05) is 41.9 Å². The number of hydrogen-bond acceptors (Lipinski definition) is 6. The summed E-state index contributed by atoms with van der Waals surface area (Å²) in [4.78, 5) is 15.8. The van der Waals surface area contributed by atoms with Gasteiger partial charge in [-0.25, -0.2) is 0 Å². The highest BCUT2D eigenvalue weighted by Crippen LogP contribution is 2.49. The van der Waals surface area contributed by atoms with Gasteiger partial charge in [0.2, 0.25) is 0 Å². The number of nitriles is 1. The van der Waals surface area contributed by atoms with Crippen LogP contribution in [0.5, 0.6) is 11.5 Å². The smallest absolute Gasteiger partial charge is 0.153 e. The fourth-order valence-electron chi connectivity index (χ4n) is 4.68. The van der Waals surface area contributed by atoms with E-state index in [0.717, 1.165) is 11.1 Å². The second-order valence-electron chi connectivity index (χ2n) is 9.92. The number of aromatic nitrogens is 1. The fraction of sp³-hybridized carbons (Fsp3) is 0.281. The Balaban J connectivity index is 1.61. The van der Waals surface area contributed by atoms with Gasteiger partial charge in [0.1, 0.15) is 36.4 Å². The average molecular weight is 578 g/mol. The van der Waals surface area contributed by atoms with Gasteiger partial charge in [-0.15, -0.1) is 11.6 Å². The monoisotopic (exact) mass is 576 g/mol. The van der Waals surface area contributed by atoms with E-state index in [2.05, 4.69) is 43.1 Å². The molecule has 0 radical (unpaired) electrons. The first-order valence-corrected chi connectivity index (χ1v) is 13.8. The van der Waals surface area contributed by atoms with Crippen molar-refractivity contribution in [3.8, 4) is 17.6 Å². The molecule has 1 atom stereocenters. The number of aldehydes is 1. The summed E-state index contributed by atoms with van der Waals surface area (Å²) in [5.74, 6) is 1.14. The Morgan fingerprint density at radius 3 is 2.60 bits per heavy atom. The maximum Gasteiger partial charge on any atom is 0.153 e. The predicted octanol–water partition coefficient (Wildman–Crippen LogP) is 7.44. The van der Waals surface area contributed by atoms with Crippen LogP contribution in [0, 0.1) is 16.7 Å². The molecule has 4 rings (SSSR count). The van der Waals surface area contributed by atoms with Crippen LogP contribution in [0.1, 0.15) is 47.3 Å². The van der Waals surface area contributed by atoms with E-state index in [9.17, 15) is 4.79 Å². The summed E-state index contributed by atoms with van der Waals surface area (Å²) in [6, 6.07) is 17.0. The van der Waals surface area contributed by atoms with Gasteiger partial charge in [-0.3, -0.25) is 9.78 Å². The molecule has 0 amide bonds. The molecule has 0 N–H and O–H groups in total. The molecule has 0 spiro atoms. The number of nitrogens with zero attached hydrogens (tertiary/aromatic N) is 2. The fourth-order valence-corrected chi connectivity index (χ4v) is 5.01. The molecule has 2 aromatic carbocycles. The number of halogens is 2. The van der Waals surface area contributed by atoms with Crippen LogP contribution in [0.4, 0.5) is 0 Å². The SMILES string of the molecule is CC1(C)C(c2ccccc2)=CC=CC1(COc1cc(OCc2cncc(C#N)c2)c(C=O)cc1Cl)OCCCCl. The van der Waals surface area contributed by atoms with E-state index in [0.29, 0.717) is 47.8 Å². The van der Waals surface area contributed by atoms with Gasteiger partial charge in [0.05, 0.1) is 16.1 Å². The molecule has 0 saturated heterocycles. The number of hydrogen-bond donors (Lipinski definition) is 0. The molecule has 0 fully saturated rings. The van der Waals surface area contributed by atoms with Crippen molar-refractivity contribution in [2.24, 2.45) is 5.41 Å². The summed E-state index contributed by atoms with van der Waals surface area (Å²) in [5, 5.41) is 9.41. The lowest BCUT2D eigenvalue weighted by molar-refractivity contribution is -0.0906. The minimum absolute atomic E-state index is 0.108. The first kappa shape index (κ1) is 29.4. The molecule has 3 aromatic rings. The largest absolute Gasteiger partial charge is 0.488 e. The van der Waals surface area contributed by atoms with E-state index in [1.54, 1.807) is 18.3 Å². The normalized spacial score (nSPS) is 17.5. The van der Waals surface area contributed by atoms with Crippen LogP contribution >= 0.6 is 23.2 Å². The van der Waals surface area contributed by atoms with Crippen molar-refractivity contribution in [3.63, 3.8) is 0 Å². The zero-order chi connectivity index (χ0) is 28.6. The molecule has 0 saturated carbocycles. The topological polar surface area (TPSA) is 81.4 Å². The Hall–Kier alpha value is -3.63. The van der Waals surface area contributed by atoms with Gasteiger partial charge in [0.15, 0.2) is 6.29 Å². The minimum atomic E-state index is -0.837. The van der Waals surface area contributed by atoms with Crippen LogP contribution in [0.15, 0.2) is 79.2 Å². The highest BCUT2D eigenvalue weighted by molar-refractivity contribution is 6.32. The maximum absolute atomic E-state index is 11.8. The van der Waals surface area contributed by atoms with Gasteiger partial charge in [0.25, 0.3) is 0 Å². The number of carbonyl (C=O) groups is 1. The number of allylic oxidation sites excluding steroid dienone is 2. The zero-order valence-electron chi connectivity index (χ0n) is 22.4. The van der Waals surface area contributed by atoms with Gasteiger partial charge in [-0.1, -0.05) is 67.9 Å². The Labute approximate surface area is 244 Å². The first-order valence-electron chi connectivity index (χ1n) is 12.9. The number of alkyl halides is 1. The number of rotatable bonds is 12. The molecule has 1 unspecified atom stereocenters. The lowest BCUT2D eigenvalue weighted by Crippen LogP contribution is -2.52. The third-order valence-electron chi connectivity index (χ3n) is 7.03. The Morgan fingerprint density at radius 1 is 1.07 bits per heavy atom. The summed E-state index contributed by atoms with van der Waals surface area (Å²) in [7, 11) is 0. The second kappa shape index (κ2) is 13.1. The second-order valence-corrected chi connectivity index (χ2v) is 10.7. The van der Waals surface area contributed by atoms with Crippen LogP contribution in [0.2, 0.25) is 5.02 Å². The van der Waals surface area contributed by atoms with Crippen molar-refractivity contribution < 1.29 is 19.0 Å². The highest BCUT2D eigenvalue weighted by Gasteiger charge is 2.49. The van der Waals surface area contributed by atoms with Crippen molar-refractivity contribution >= 4 is 35.1 Å². The number of ether oxygens (including phenoxy) is 3. The summed E-state index contributed by atoms with van der Waals surface area (Å²) in [6.07, 6.45) is 10.6. The lowest BCUT2D eigenvalue weighted by Gasteiger charge is -2.47. The van der Waals surface area contributed by atoms with Crippen molar-refractivity contribution in [1.29, 1.82) is 5.26 Å². The average Bonchev–Trinajstić information content (AvgIpc) is 2.97. The molecule has 40 heavy (non-hydrogen) atoms. The van der Waals surface area contributed by atoms with Crippen molar-refractivity contribution in [1.82, 2.24) is 4.98 Å². The molecular weight excluding hydrogens is 547 g/mol. The van der Waals surface area contributed by atoms with E-state index in [4.69, 9.17) is 42.7 Å². The molecule has 206 valence electrons. The summed E-state index contributed by atoms with van der Waals surface area (Å²) < 4.78 is 18.8. The van der Waals surface area contributed by atoms with Crippen molar-refractivity contribution in [2.45, 2.75) is 32.5 Å². The summed E-state index contributed by atoms with van der Waals surface area (Å²) >= 11 is 12.5. The molecule has 8 heteroatoms. The molecule has 1 aliphatic carbocycles. The predicted molar refractivity (Wildman–Crippen MR) is 157 cm³/mol. The third kappa shape index (κ3) is 6.39. The Morgan fingerprint density at radius 2 is 1.88 bits per heavy atom. The zero-order valence-corrected chi connectivity index (χ0v) is 23.9. The van der Waals surface area contributed by atoms with E-state index in [1.807, 2.05) is 30.4 Å². The van der Waals surface area contributed by atoms with Crippen LogP contribution in [0.25, 0.3) is 5.57 Å². The van der Waals surface area contributed by atoms with E-state index in [1.165, 1.54) is 12.3 Å². The molecule has 0 bridgehead atoms. The third-order valence-corrected chi connectivity index (χ3v) is 7.60. The first-order chi connectivity index (χ1) is 19.3. The lowest BCUT2D eigenvalue weighted by atomic mass is 9.65. The van der Waals surface area contributed by atoms with Gasteiger partial charge >= 0.3 is 0 Å². The molecule has 1 aliphatic rings. The van der Waals surface area contributed by atoms with Crippen LogP contribution in [-0.4, -0.2) is 36.0 Å². The van der Waals surface area contributed by atoms with Gasteiger partial charge < -0.3 is 14.2 Å². The maximum atomic E-state index is 11.8. The van der Waals surface area contributed by atoms with Crippen LogP contribution < -0.4 is 9.47 Å². The van der Waals surface area contributed by atoms with Crippen molar-refractivity contribution in [2.75, 3.05) is 19.1 Å². The highest BCUT2D eigenvalue weighted by atomic mass is 35.5. The minimum Gasteiger partial charge on any atom is -0.488 e. The molecule has 0 aliphatic heterocycles. The number of pyridine rings is 1. The number of benzene rings is 2. The van der Waals surface area contributed by atoms with Gasteiger partial charge in [-0.2, -0.15) is 5.26 Å². The summed E-state index contributed by atoms with van der Waals surface area (Å²) in [6.45, 7) is 4.97. The quantitative estimate of drug-likeness (QED) is 0.126. The van der Waals surface area contributed by atoms with E-state index < -0.39 is 11.0 Å². The van der Waals surface area contributed by atoms with E-state index >= 15 is 0 Å². The summed E-state index contributed by atoms with van der Waals surface area (Å²) in [5.41, 5.74) is 2.28. The van der Waals surface area contributed by atoms with Crippen LogP contribution in [0.3, 0.4) is 0 Å².